The standard InChI is InChI=1S/C21H18N4O3/c1-13-17(23-20(28-13)14-8-4-3-5-9-14)12-25-21(27)16-11-7-6-10-15(16)18(24-25)19(26)22-2/h3-11H,12H2,1-2H3,(H,22,26). The topological polar surface area (TPSA) is 90.0 Å². The zero-order chi connectivity index (χ0) is 19.7. The highest BCUT2D eigenvalue weighted by molar-refractivity contribution is 6.04. The van der Waals surface area contributed by atoms with E-state index in [1.807, 2.05) is 30.3 Å². The lowest BCUT2D eigenvalue weighted by molar-refractivity contribution is 0.0957. The van der Waals surface area contributed by atoms with E-state index < -0.39 is 0 Å². The minimum atomic E-state index is -0.355. The van der Waals surface area contributed by atoms with Crippen LogP contribution >= 0.6 is 0 Å². The quantitative estimate of drug-likeness (QED) is 0.593. The molecular weight excluding hydrogens is 356 g/mol. The summed E-state index contributed by atoms with van der Waals surface area (Å²) in [4.78, 5) is 29.7. The van der Waals surface area contributed by atoms with Crippen molar-refractivity contribution < 1.29 is 9.21 Å². The number of rotatable bonds is 4. The third-order valence-corrected chi connectivity index (χ3v) is 4.52. The Morgan fingerprint density at radius 1 is 1.07 bits per heavy atom. The van der Waals surface area contributed by atoms with Gasteiger partial charge in [-0.1, -0.05) is 36.4 Å². The van der Waals surface area contributed by atoms with Crippen LogP contribution in [0.1, 0.15) is 21.9 Å². The van der Waals surface area contributed by atoms with Crippen molar-refractivity contribution in [3.8, 4) is 11.5 Å². The Hall–Kier alpha value is -3.74. The van der Waals surface area contributed by atoms with Gasteiger partial charge in [0.1, 0.15) is 11.5 Å². The molecule has 0 aliphatic rings. The van der Waals surface area contributed by atoms with E-state index in [0.29, 0.717) is 28.1 Å². The summed E-state index contributed by atoms with van der Waals surface area (Å²) in [5, 5.41) is 7.82. The van der Waals surface area contributed by atoms with E-state index in [2.05, 4.69) is 15.4 Å². The van der Waals surface area contributed by atoms with Gasteiger partial charge in [0.25, 0.3) is 11.5 Å². The first-order chi connectivity index (χ1) is 13.6. The van der Waals surface area contributed by atoms with Gasteiger partial charge in [-0.05, 0) is 25.1 Å². The van der Waals surface area contributed by atoms with Gasteiger partial charge in [-0.15, -0.1) is 0 Å². The first-order valence-corrected chi connectivity index (χ1v) is 8.82. The molecular formula is C21H18N4O3. The molecule has 2 aromatic heterocycles. The molecule has 28 heavy (non-hydrogen) atoms. The highest BCUT2D eigenvalue weighted by atomic mass is 16.4. The molecule has 0 saturated carbocycles. The fraction of sp³-hybridized carbons (Fsp3) is 0.143. The Kier molecular flexibility index (Phi) is 4.49. The molecule has 0 atom stereocenters. The second-order valence-electron chi connectivity index (χ2n) is 6.32. The van der Waals surface area contributed by atoms with Crippen LogP contribution in [0.25, 0.3) is 22.2 Å². The second-order valence-corrected chi connectivity index (χ2v) is 6.32. The Morgan fingerprint density at radius 2 is 1.75 bits per heavy atom. The average Bonchev–Trinajstić information content (AvgIpc) is 3.10. The van der Waals surface area contributed by atoms with E-state index in [0.717, 1.165) is 5.56 Å². The van der Waals surface area contributed by atoms with Crippen molar-refractivity contribution in [2.45, 2.75) is 13.5 Å². The number of hydrogen-bond acceptors (Lipinski definition) is 5. The van der Waals surface area contributed by atoms with E-state index >= 15 is 0 Å². The molecule has 0 radical (unpaired) electrons. The summed E-state index contributed by atoms with van der Waals surface area (Å²) in [5.41, 5.74) is 1.35. The molecule has 0 aliphatic heterocycles. The molecule has 1 N–H and O–H groups in total. The Bertz CT molecular complexity index is 1230. The van der Waals surface area contributed by atoms with Crippen molar-refractivity contribution in [1.82, 2.24) is 20.1 Å². The number of hydrogen-bond donors (Lipinski definition) is 1. The van der Waals surface area contributed by atoms with Crippen LogP contribution < -0.4 is 10.9 Å². The number of aromatic nitrogens is 3. The highest BCUT2D eigenvalue weighted by Gasteiger charge is 2.18. The third kappa shape index (κ3) is 3.07. The molecule has 140 valence electrons. The van der Waals surface area contributed by atoms with E-state index in [1.54, 1.807) is 31.2 Å². The minimum Gasteiger partial charge on any atom is -0.441 e. The smallest absolute Gasteiger partial charge is 0.275 e. The number of benzene rings is 2. The highest BCUT2D eigenvalue weighted by Crippen LogP contribution is 2.22. The Morgan fingerprint density at radius 3 is 2.46 bits per heavy atom. The Balaban J connectivity index is 1.81. The largest absolute Gasteiger partial charge is 0.441 e. The lowest BCUT2D eigenvalue weighted by Gasteiger charge is -2.09. The predicted octanol–water partition coefficient (Wildman–Crippen LogP) is 2.77. The number of oxazole rings is 1. The molecule has 0 saturated heterocycles. The average molecular weight is 374 g/mol. The number of nitrogens with zero attached hydrogens (tertiary/aromatic N) is 3. The van der Waals surface area contributed by atoms with Gasteiger partial charge in [-0.25, -0.2) is 9.67 Å². The summed E-state index contributed by atoms with van der Waals surface area (Å²) in [6, 6.07) is 16.5. The molecule has 0 spiro atoms. The van der Waals surface area contributed by atoms with Crippen LogP contribution in [0.5, 0.6) is 0 Å². The number of aryl methyl sites for hydroxylation is 1. The molecule has 2 heterocycles. The zero-order valence-electron chi connectivity index (χ0n) is 15.5. The van der Waals surface area contributed by atoms with Crippen molar-refractivity contribution in [2.75, 3.05) is 7.05 Å². The molecule has 0 unspecified atom stereocenters. The second kappa shape index (κ2) is 7.11. The van der Waals surface area contributed by atoms with Gasteiger partial charge >= 0.3 is 0 Å². The number of amides is 1. The monoisotopic (exact) mass is 374 g/mol. The summed E-state index contributed by atoms with van der Waals surface area (Å²) in [6.45, 7) is 1.90. The van der Waals surface area contributed by atoms with Crippen LogP contribution in [0.4, 0.5) is 0 Å². The van der Waals surface area contributed by atoms with Crippen molar-refractivity contribution in [3.05, 3.63) is 82.1 Å². The van der Waals surface area contributed by atoms with Crippen molar-refractivity contribution in [2.24, 2.45) is 0 Å². The molecule has 4 aromatic rings. The van der Waals surface area contributed by atoms with Crippen LogP contribution in [0, 0.1) is 6.92 Å². The van der Waals surface area contributed by atoms with Gasteiger partial charge in [-0.3, -0.25) is 9.59 Å². The summed E-state index contributed by atoms with van der Waals surface area (Å²) in [5.74, 6) is 0.725. The molecule has 1 amide bonds. The number of carbonyl (C=O) groups is 1. The van der Waals surface area contributed by atoms with Crippen LogP contribution in [0.2, 0.25) is 0 Å². The molecule has 0 fully saturated rings. The molecule has 7 nitrogen and oxygen atoms in total. The maximum atomic E-state index is 12.9. The molecule has 0 aliphatic carbocycles. The molecule has 2 aromatic carbocycles. The van der Waals surface area contributed by atoms with Crippen LogP contribution in [0.15, 0.2) is 63.8 Å². The summed E-state index contributed by atoms with van der Waals surface area (Å²) in [6.07, 6.45) is 0. The van der Waals surface area contributed by atoms with Crippen LogP contribution in [-0.4, -0.2) is 27.7 Å². The number of carbonyl (C=O) groups excluding carboxylic acids is 1. The molecule has 7 heteroatoms. The maximum Gasteiger partial charge on any atom is 0.275 e. The first-order valence-electron chi connectivity index (χ1n) is 8.82. The Labute approximate surface area is 160 Å². The third-order valence-electron chi connectivity index (χ3n) is 4.52. The number of fused-ring (bicyclic) bond motifs is 1. The summed E-state index contributed by atoms with van der Waals surface area (Å²) < 4.78 is 7.02. The zero-order valence-corrected chi connectivity index (χ0v) is 15.5. The normalized spacial score (nSPS) is 10.9. The van der Waals surface area contributed by atoms with Crippen molar-refractivity contribution in [3.63, 3.8) is 0 Å². The fourth-order valence-corrected chi connectivity index (χ4v) is 3.05. The lowest BCUT2D eigenvalue weighted by atomic mass is 10.1. The predicted molar refractivity (Wildman–Crippen MR) is 105 cm³/mol. The van der Waals surface area contributed by atoms with E-state index in [-0.39, 0.29) is 23.7 Å². The van der Waals surface area contributed by atoms with Crippen LogP contribution in [0.3, 0.4) is 0 Å². The van der Waals surface area contributed by atoms with Crippen molar-refractivity contribution in [1.29, 1.82) is 0 Å². The molecule has 4 rings (SSSR count). The molecule has 0 bridgehead atoms. The fourth-order valence-electron chi connectivity index (χ4n) is 3.05. The maximum absolute atomic E-state index is 12.9. The SMILES string of the molecule is CNC(=O)c1nn(Cc2nc(-c3ccccc3)oc2C)c(=O)c2ccccc12. The van der Waals surface area contributed by atoms with Gasteiger partial charge in [0, 0.05) is 18.0 Å². The van der Waals surface area contributed by atoms with Gasteiger partial charge in [0.05, 0.1) is 11.9 Å². The van der Waals surface area contributed by atoms with E-state index in [4.69, 9.17) is 4.42 Å². The lowest BCUT2D eigenvalue weighted by Crippen LogP contribution is -2.29. The van der Waals surface area contributed by atoms with Gasteiger partial charge in [-0.2, -0.15) is 5.10 Å². The van der Waals surface area contributed by atoms with Crippen molar-refractivity contribution >= 4 is 16.7 Å². The first kappa shape index (κ1) is 17.7. The number of nitrogens with one attached hydrogen (secondary N) is 1. The van der Waals surface area contributed by atoms with E-state index in [1.165, 1.54) is 11.7 Å². The van der Waals surface area contributed by atoms with Gasteiger partial charge in [0.2, 0.25) is 5.89 Å². The summed E-state index contributed by atoms with van der Waals surface area (Å²) >= 11 is 0. The van der Waals surface area contributed by atoms with Crippen LogP contribution in [-0.2, 0) is 6.54 Å². The van der Waals surface area contributed by atoms with Gasteiger partial charge < -0.3 is 9.73 Å². The minimum absolute atomic E-state index is 0.107. The summed E-state index contributed by atoms with van der Waals surface area (Å²) in [7, 11) is 1.53. The van der Waals surface area contributed by atoms with Gasteiger partial charge in [0.15, 0.2) is 5.69 Å². The van der Waals surface area contributed by atoms with E-state index in [9.17, 15) is 9.59 Å².